The second-order valence-corrected chi connectivity index (χ2v) is 2.79. The van der Waals surface area contributed by atoms with Crippen LogP contribution in [0.4, 0.5) is 0 Å². The molecule has 0 spiro atoms. The number of carbonyl (C=O) groups is 1. The van der Waals surface area contributed by atoms with Gasteiger partial charge in [0.05, 0.1) is 0 Å². The number of hydrogen-bond donors (Lipinski definition) is 3. The molecule has 0 aromatic heterocycles. The average Bonchev–Trinajstić information content (AvgIpc) is 2.05. The van der Waals surface area contributed by atoms with Crippen LogP contribution in [0, 0.1) is 0 Å². The molecule has 0 heterocycles. The topological polar surface area (TPSA) is 98.4 Å². The van der Waals surface area contributed by atoms with Crippen molar-refractivity contribution >= 4 is 6.29 Å². The number of nitrogens with zero attached hydrogens (tertiary/aromatic N) is 1. The SMILES string of the molecule is NCCN(N)/C=C(\N)CCCC=O. The Kier molecular flexibility index (Phi) is 6.95. The quantitative estimate of drug-likeness (QED) is 0.211. The van der Waals surface area contributed by atoms with Crippen LogP contribution >= 0.6 is 0 Å². The predicted molar refractivity (Wildman–Crippen MR) is 52.1 cm³/mol. The lowest BCUT2D eigenvalue weighted by Crippen LogP contribution is -2.31. The van der Waals surface area contributed by atoms with Gasteiger partial charge < -0.3 is 21.3 Å². The van der Waals surface area contributed by atoms with Gasteiger partial charge in [-0.3, -0.25) is 0 Å². The number of aldehydes is 1. The van der Waals surface area contributed by atoms with E-state index >= 15 is 0 Å². The van der Waals surface area contributed by atoms with Crippen LogP contribution in [0.3, 0.4) is 0 Å². The molecule has 0 aliphatic carbocycles. The Balaban J connectivity index is 3.65. The lowest BCUT2D eigenvalue weighted by atomic mass is 10.2. The zero-order chi connectivity index (χ0) is 10.1. The molecule has 0 fully saturated rings. The van der Waals surface area contributed by atoms with Gasteiger partial charge in [-0.25, -0.2) is 5.84 Å². The fraction of sp³-hybridized carbons (Fsp3) is 0.625. The molecule has 0 aromatic rings. The zero-order valence-corrected chi connectivity index (χ0v) is 7.78. The minimum Gasteiger partial charge on any atom is -0.401 e. The Hall–Kier alpha value is -1.07. The van der Waals surface area contributed by atoms with Crippen molar-refractivity contribution in [2.24, 2.45) is 17.3 Å². The Morgan fingerprint density at radius 2 is 2.15 bits per heavy atom. The van der Waals surface area contributed by atoms with E-state index in [1.165, 1.54) is 5.01 Å². The molecule has 0 saturated heterocycles. The van der Waals surface area contributed by atoms with Gasteiger partial charge in [0.25, 0.3) is 0 Å². The lowest BCUT2D eigenvalue weighted by Gasteiger charge is -2.13. The highest BCUT2D eigenvalue weighted by molar-refractivity contribution is 5.49. The van der Waals surface area contributed by atoms with Gasteiger partial charge in [-0.15, -0.1) is 0 Å². The molecule has 0 rings (SSSR count). The molecule has 6 N–H and O–H groups in total. The molecule has 13 heavy (non-hydrogen) atoms. The molecular formula is C8H18N4O. The Morgan fingerprint density at radius 1 is 1.46 bits per heavy atom. The van der Waals surface area contributed by atoms with Gasteiger partial charge in [0, 0.05) is 31.4 Å². The van der Waals surface area contributed by atoms with Crippen LogP contribution in [0.5, 0.6) is 0 Å². The highest BCUT2D eigenvalue weighted by Crippen LogP contribution is 2.00. The Bertz CT molecular complexity index is 170. The van der Waals surface area contributed by atoms with E-state index in [1.54, 1.807) is 6.20 Å². The monoisotopic (exact) mass is 186 g/mol. The maximum Gasteiger partial charge on any atom is 0.120 e. The molecule has 0 radical (unpaired) electrons. The smallest absolute Gasteiger partial charge is 0.120 e. The van der Waals surface area contributed by atoms with Gasteiger partial charge in [0.15, 0.2) is 0 Å². The first-order valence-electron chi connectivity index (χ1n) is 4.32. The second kappa shape index (κ2) is 7.57. The molecule has 5 heteroatoms. The highest BCUT2D eigenvalue weighted by Gasteiger charge is 1.94. The highest BCUT2D eigenvalue weighted by atomic mass is 16.1. The van der Waals surface area contributed by atoms with Crippen LogP contribution in [-0.4, -0.2) is 24.4 Å². The van der Waals surface area contributed by atoms with E-state index < -0.39 is 0 Å². The fourth-order valence-corrected chi connectivity index (χ4v) is 0.881. The number of rotatable bonds is 7. The van der Waals surface area contributed by atoms with Crippen molar-refractivity contribution in [1.82, 2.24) is 5.01 Å². The van der Waals surface area contributed by atoms with Gasteiger partial charge in [-0.1, -0.05) is 0 Å². The van der Waals surface area contributed by atoms with Crippen LogP contribution in [-0.2, 0) is 4.79 Å². The van der Waals surface area contributed by atoms with Crippen molar-refractivity contribution < 1.29 is 4.79 Å². The summed E-state index contributed by atoms with van der Waals surface area (Å²) in [6.45, 7) is 1.07. The van der Waals surface area contributed by atoms with Crippen LogP contribution in [0.25, 0.3) is 0 Å². The fourth-order valence-electron chi connectivity index (χ4n) is 0.881. The van der Waals surface area contributed by atoms with Crippen molar-refractivity contribution in [3.05, 3.63) is 11.9 Å². The van der Waals surface area contributed by atoms with E-state index in [1.807, 2.05) is 0 Å². The second-order valence-electron chi connectivity index (χ2n) is 2.79. The summed E-state index contributed by atoms with van der Waals surface area (Å²) in [5, 5.41) is 1.45. The third-order valence-electron chi connectivity index (χ3n) is 1.51. The van der Waals surface area contributed by atoms with E-state index in [2.05, 4.69) is 0 Å². The Morgan fingerprint density at radius 3 is 2.69 bits per heavy atom. The average molecular weight is 186 g/mol. The summed E-state index contributed by atoms with van der Waals surface area (Å²) in [6.07, 6.45) is 4.53. The largest absolute Gasteiger partial charge is 0.401 e. The van der Waals surface area contributed by atoms with Crippen molar-refractivity contribution in [3.63, 3.8) is 0 Å². The normalized spacial score (nSPS) is 11.4. The minimum atomic E-state index is 0.495. The summed E-state index contributed by atoms with van der Waals surface area (Å²) in [7, 11) is 0. The predicted octanol–water partition coefficient (Wildman–Crippen LogP) is -0.710. The Labute approximate surface area is 78.5 Å². The maximum absolute atomic E-state index is 10.00. The molecule has 76 valence electrons. The van der Waals surface area contributed by atoms with Gasteiger partial charge >= 0.3 is 0 Å². The lowest BCUT2D eigenvalue weighted by molar-refractivity contribution is -0.107. The molecule has 0 saturated carbocycles. The van der Waals surface area contributed by atoms with Crippen molar-refractivity contribution in [2.75, 3.05) is 13.1 Å². The number of hydrazine groups is 1. The van der Waals surface area contributed by atoms with Crippen LogP contribution < -0.4 is 17.3 Å². The molecule has 0 aliphatic rings. The van der Waals surface area contributed by atoms with E-state index in [-0.39, 0.29) is 0 Å². The molecule has 5 nitrogen and oxygen atoms in total. The first kappa shape index (κ1) is 11.9. The van der Waals surface area contributed by atoms with Crippen molar-refractivity contribution in [2.45, 2.75) is 19.3 Å². The molecule has 0 bridgehead atoms. The van der Waals surface area contributed by atoms with Crippen molar-refractivity contribution in [1.29, 1.82) is 0 Å². The molecule has 0 unspecified atom stereocenters. The van der Waals surface area contributed by atoms with Gasteiger partial charge in [-0.05, 0) is 12.8 Å². The number of allylic oxidation sites excluding steroid dienone is 1. The van der Waals surface area contributed by atoms with Gasteiger partial charge in [0.1, 0.15) is 6.29 Å². The standard InChI is InChI=1S/C8H18N4O/c9-4-5-12(11)7-8(10)3-1-2-6-13/h6-7H,1-5,9-11H2/b8-7-. The number of nitrogens with two attached hydrogens (primary N) is 3. The summed E-state index contributed by atoms with van der Waals surface area (Å²) >= 11 is 0. The van der Waals surface area contributed by atoms with E-state index in [9.17, 15) is 4.79 Å². The van der Waals surface area contributed by atoms with Crippen LogP contribution in [0.15, 0.2) is 11.9 Å². The summed E-state index contributed by atoms with van der Waals surface area (Å²) in [5.41, 5.74) is 11.6. The summed E-state index contributed by atoms with van der Waals surface area (Å²) in [4.78, 5) is 10.00. The number of carbonyl (C=O) groups excluding carboxylic acids is 1. The molecule has 0 atom stereocenters. The third kappa shape index (κ3) is 7.30. The van der Waals surface area contributed by atoms with Crippen LogP contribution in [0.1, 0.15) is 19.3 Å². The molecular weight excluding hydrogens is 168 g/mol. The van der Waals surface area contributed by atoms with Gasteiger partial charge in [-0.2, -0.15) is 0 Å². The van der Waals surface area contributed by atoms with E-state index in [0.29, 0.717) is 31.6 Å². The van der Waals surface area contributed by atoms with E-state index in [0.717, 1.165) is 12.7 Å². The first-order chi connectivity index (χ1) is 6.20. The zero-order valence-electron chi connectivity index (χ0n) is 7.78. The maximum atomic E-state index is 10.00. The summed E-state index contributed by atoms with van der Waals surface area (Å²) in [6, 6.07) is 0. The molecule has 0 aromatic carbocycles. The number of unbranched alkanes of at least 4 members (excludes halogenated alkanes) is 1. The minimum absolute atomic E-state index is 0.495. The molecule has 0 amide bonds. The third-order valence-corrected chi connectivity index (χ3v) is 1.51. The first-order valence-corrected chi connectivity index (χ1v) is 4.32. The van der Waals surface area contributed by atoms with Gasteiger partial charge in [0.2, 0.25) is 0 Å². The van der Waals surface area contributed by atoms with Crippen molar-refractivity contribution in [3.8, 4) is 0 Å². The molecule has 0 aliphatic heterocycles. The summed E-state index contributed by atoms with van der Waals surface area (Å²) < 4.78 is 0. The van der Waals surface area contributed by atoms with Crippen LogP contribution in [0.2, 0.25) is 0 Å². The number of hydrogen-bond acceptors (Lipinski definition) is 5. The summed E-state index contributed by atoms with van der Waals surface area (Å²) in [5.74, 6) is 5.52. The van der Waals surface area contributed by atoms with E-state index in [4.69, 9.17) is 17.3 Å².